The number of hydrogen-bond donors (Lipinski definition) is 1. The first-order valence-corrected chi connectivity index (χ1v) is 9.33. The molecule has 1 aromatic heterocycles. The predicted octanol–water partition coefficient (Wildman–Crippen LogP) is 4.82. The van der Waals surface area contributed by atoms with Crippen LogP contribution in [0.25, 0.3) is 0 Å². The highest BCUT2D eigenvalue weighted by Gasteiger charge is 2.34. The topological polar surface area (TPSA) is 20.2 Å². The number of thiophene rings is 1. The summed E-state index contributed by atoms with van der Waals surface area (Å²) in [5, 5.41) is 10.6. The van der Waals surface area contributed by atoms with E-state index in [1.807, 2.05) is 11.3 Å². The fourth-order valence-electron chi connectivity index (χ4n) is 4.35. The van der Waals surface area contributed by atoms with Crippen molar-refractivity contribution in [3.05, 3.63) is 21.9 Å². The highest BCUT2D eigenvalue weighted by Crippen LogP contribution is 2.44. The van der Waals surface area contributed by atoms with Crippen molar-refractivity contribution in [3.8, 4) is 0 Å². The van der Waals surface area contributed by atoms with Gasteiger partial charge in [0.2, 0.25) is 0 Å². The van der Waals surface area contributed by atoms with Gasteiger partial charge in [0, 0.05) is 16.2 Å². The van der Waals surface area contributed by atoms with Crippen LogP contribution >= 0.6 is 11.3 Å². The largest absolute Gasteiger partial charge is 0.392 e. The molecule has 4 atom stereocenters. The Morgan fingerprint density at radius 2 is 1.85 bits per heavy atom. The zero-order valence-corrected chi connectivity index (χ0v) is 13.5. The number of aliphatic hydroxyl groups excluding tert-OH is 1. The molecule has 1 nitrogen and oxygen atoms in total. The number of hydrogen-bond acceptors (Lipinski definition) is 2. The van der Waals surface area contributed by atoms with Crippen LogP contribution in [-0.4, -0.2) is 11.2 Å². The second-order valence-corrected chi connectivity index (χ2v) is 8.12. The normalized spacial score (nSPS) is 31.8. The molecule has 0 spiro atoms. The number of aryl methyl sites for hydroxylation is 1. The van der Waals surface area contributed by atoms with Crippen LogP contribution in [0.4, 0.5) is 0 Å². The maximum absolute atomic E-state index is 10.6. The molecular weight excluding hydrogens is 264 g/mol. The van der Waals surface area contributed by atoms with Crippen molar-refractivity contribution in [1.82, 2.24) is 0 Å². The first kappa shape index (κ1) is 14.6. The van der Waals surface area contributed by atoms with Gasteiger partial charge in [-0.2, -0.15) is 0 Å². The lowest BCUT2D eigenvalue weighted by molar-refractivity contribution is 0.0365. The molecule has 0 radical (unpaired) electrons. The molecule has 112 valence electrons. The van der Waals surface area contributed by atoms with Gasteiger partial charge in [0.05, 0.1) is 6.10 Å². The molecule has 20 heavy (non-hydrogen) atoms. The summed E-state index contributed by atoms with van der Waals surface area (Å²) in [6.45, 7) is 2.20. The number of fused-ring (bicyclic) bond motifs is 1. The van der Waals surface area contributed by atoms with Gasteiger partial charge >= 0.3 is 0 Å². The minimum atomic E-state index is -0.110. The van der Waals surface area contributed by atoms with Gasteiger partial charge in [-0.25, -0.2) is 0 Å². The molecule has 1 heterocycles. The molecule has 1 aromatic rings. The van der Waals surface area contributed by atoms with Gasteiger partial charge in [-0.05, 0) is 55.6 Å². The molecule has 1 N–H and O–H groups in total. The Bertz CT molecular complexity index is 425. The molecule has 3 rings (SSSR count). The molecule has 2 aliphatic carbocycles. The standard InChI is InChI=1S/C18H28OS/c1-2-16-9-10-17(20-16)12-18(19)15-8-7-13-5-3-4-6-14(13)11-15/h9-10,13-15,18-19H,2-8,11-12H2,1H3. The maximum Gasteiger partial charge on any atom is 0.0616 e. The van der Waals surface area contributed by atoms with E-state index in [4.69, 9.17) is 0 Å². The highest BCUT2D eigenvalue weighted by atomic mass is 32.1. The Kier molecular flexibility index (Phi) is 4.83. The Morgan fingerprint density at radius 1 is 1.10 bits per heavy atom. The highest BCUT2D eigenvalue weighted by molar-refractivity contribution is 7.11. The molecule has 2 fully saturated rings. The summed E-state index contributed by atoms with van der Waals surface area (Å²) in [4.78, 5) is 2.82. The molecule has 0 aliphatic heterocycles. The van der Waals surface area contributed by atoms with Crippen LogP contribution < -0.4 is 0 Å². The molecule has 0 saturated heterocycles. The Hall–Kier alpha value is -0.340. The first-order valence-electron chi connectivity index (χ1n) is 8.52. The van der Waals surface area contributed by atoms with Crippen LogP contribution in [-0.2, 0) is 12.8 Å². The second-order valence-electron chi connectivity index (χ2n) is 6.87. The minimum absolute atomic E-state index is 0.110. The molecule has 0 aromatic carbocycles. The van der Waals surface area contributed by atoms with E-state index in [-0.39, 0.29) is 6.10 Å². The Balaban J connectivity index is 1.55. The van der Waals surface area contributed by atoms with Crippen molar-refractivity contribution < 1.29 is 5.11 Å². The van der Waals surface area contributed by atoms with Crippen molar-refractivity contribution in [2.75, 3.05) is 0 Å². The summed E-state index contributed by atoms with van der Waals surface area (Å²) in [6.07, 6.45) is 11.6. The fraction of sp³-hybridized carbons (Fsp3) is 0.778. The lowest BCUT2D eigenvalue weighted by atomic mass is 9.66. The SMILES string of the molecule is CCc1ccc(CC(O)C2CCC3CCCCC3C2)s1. The first-order chi connectivity index (χ1) is 9.76. The third-order valence-electron chi connectivity index (χ3n) is 5.60. The van der Waals surface area contributed by atoms with Crippen LogP contribution in [0.15, 0.2) is 12.1 Å². The molecule has 0 bridgehead atoms. The van der Waals surface area contributed by atoms with Crippen molar-refractivity contribution in [1.29, 1.82) is 0 Å². The minimum Gasteiger partial charge on any atom is -0.392 e. The predicted molar refractivity (Wildman–Crippen MR) is 86.2 cm³/mol. The van der Waals surface area contributed by atoms with E-state index in [0.29, 0.717) is 5.92 Å². The lowest BCUT2D eigenvalue weighted by Gasteiger charge is -2.40. The molecule has 0 amide bonds. The summed E-state index contributed by atoms with van der Waals surface area (Å²) in [5.41, 5.74) is 0. The zero-order chi connectivity index (χ0) is 13.9. The van der Waals surface area contributed by atoms with Gasteiger partial charge in [0.1, 0.15) is 0 Å². The quantitative estimate of drug-likeness (QED) is 0.843. The van der Waals surface area contributed by atoms with E-state index in [0.717, 1.165) is 24.7 Å². The van der Waals surface area contributed by atoms with E-state index in [2.05, 4.69) is 19.1 Å². The third kappa shape index (κ3) is 3.28. The van der Waals surface area contributed by atoms with Crippen LogP contribution in [0.1, 0.15) is 61.6 Å². The van der Waals surface area contributed by atoms with Crippen molar-refractivity contribution >= 4 is 11.3 Å². The molecule has 4 unspecified atom stereocenters. The average Bonchev–Trinajstić information content (AvgIpc) is 2.94. The van der Waals surface area contributed by atoms with Crippen LogP contribution in [0.3, 0.4) is 0 Å². The summed E-state index contributed by atoms with van der Waals surface area (Å²) >= 11 is 1.89. The van der Waals surface area contributed by atoms with Gasteiger partial charge in [0.25, 0.3) is 0 Å². The van der Waals surface area contributed by atoms with Gasteiger partial charge in [-0.3, -0.25) is 0 Å². The van der Waals surface area contributed by atoms with Crippen molar-refractivity contribution in [2.24, 2.45) is 17.8 Å². The van der Waals surface area contributed by atoms with E-state index < -0.39 is 0 Å². The van der Waals surface area contributed by atoms with Gasteiger partial charge in [-0.15, -0.1) is 11.3 Å². The van der Waals surface area contributed by atoms with Crippen LogP contribution in [0.2, 0.25) is 0 Å². The average molecular weight is 292 g/mol. The summed E-state index contributed by atoms with van der Waals surface area (Å²) in [5.74, 6) is 2.47. The monoisotopic (exact) mass is 292 g/mol. The van der Waals surface area contributed by atoms with Gasteiger partial charge in [-0.1, -0.05) is 32.6 Å². The van der Waals surface area contributed by atoms with E-state index in [9.17, 15) is 5.11 Å². The smallest absolute Gasteiger partial charge is 0.0616 e. The third-order valence-corrected chi connectivity index (χ3v) is 6.85. The molecular formula is C18H28OS. The molecule has 2 heteroatoms. The number of rotatable bonds is 4. The molecule has 2 aliphatic rings. The maximum atomic E-state index is 10.6. The van der Waals surface area contributed by atoms with Gasteiger partial charge < -0.3 is 5.11 Å². The van der Waals surface area contributed by atoms with Crippen LogP contribution in [0, 0.1) is 17.8 Å². The Morgan fingerprint density at radius 3 is 2.60 bits per heavy atom. The number of aliphatic hydroxyl groups is 1. The van der Waals surface area contributed by atoms with E-state index in [1.54, 1.807) is 0 Å². The second kappa shape index (κ2) is 6.62. The zero-order valence-electron chi connectivity index (χ0n) is 12.7. The van der Waals surface area contributed by atoms with E-state index in [1.165, 1.54) is 54.7 Å². The summed E-state index contributed by atoms with van der Waals surface area (Å²) in [7, 11) is 0. The van der Waals surface area contributed by atoms with E-state index >= 15 is 0 Å². The molecule has 2 saturated carbocycles. The van der Waals surface area contributed by atoms with Crippen LogP contribution in [0.5, 0.6) is 0 Å². The summed E-state index contributed by atoms with van der Waals surface area (Å²) in [6, 6.07) is 4.45. The van der Waals surface area contributed by atoms with Gasteiger partial charge in [0.15, 0.2) is 0 Å². The lowest BCUT2D eigenvalue weighted by Crippen LogP contribution is -2.34. The Labute approximate surface area is 127 Å². The summed E-state index contributed by atoms with van der Waals surface area (Å²) < 4.78 is 0. The fourth-order valence-corrected chi connectivity index (χ4v) is 5.36. The van der Waals surface area contributed by atoms with Crippen molar-refractivity contribution in [2.45, 2.75) is 70.8 Å². The van der Waals surface area contributed by atoms with Crippen molar-refractivity contribution in [3.63, 3.8) is 0 Å².